The first kappa shape index (κ1) is 24.6. The van der Waals surface area contributed by atoms with Gasteiger partial charge in [0.25, 0.3) is 0 Å². The maximum absolute atomic E-state index is 12.9. The smallest absolute Gasteiger partial charge is 0.164 e. The molecular formula is C33H41N5O. The minimum absolute atomic E-state index is 0. The van der Waals surface area contributed by atoms with Gasteiger partial charge >= 0.3 is 0 Å². The number of piperidine rings is 1. The summed E-state index contributed by atoms with van der Waals surface area (Å²) in [6.45, 7) is 6.42. The van der Waals surface area contributed by atoms with E-state index in [-0.39, 0.29) is 8.27 Å². The first-order valence-corrected chi connectivity index (χ1v) is 14.4. The van der Waals surface area contributed by atoms with Crippen molar-refractivity contribution >= 4 is 28.5 Å². The number of anilines is 3. The minimum atomic E-state index is 0. The van der Waals surface area contributed by atoms with Crippen molar-refractivity contribution in [3.05, 3.63) is 88.6 Å². The fourth-order valence-electron chi connectivity index (χ4n) is 6.93. The molecular weight excluding hydrogens is 482 g/mol. The van der Waals surface area contributed by atoms with Crippen molar-refractivity contribution in [2.45, 2.75) is 31.1 Å². The van der Waals surface area contributed by atoms with E-state index in [2.05, 4.69) is 94.8 Å². The number of likely N-dealkylation sites (N-methyl/N-ethyl adjacent to an activating group) is 1. The standard InChI is InChI=1S/C33H37N5O.2H2/c1-36-14-12-33(13-15-36)22-31(39)28-7-6-23(20-29(28)33)26-8-10-30-27(26)9-11-32(35-30)34-24-4-3-5-25(21-24)38-18-16-37(2)17-19-38;;/h3-9,11,20-21H,10,12-19,22H2,1-2H3,(H,34,35);2*1H. The number of piperazine rings is 1. The van der Waals surface area contributed by atoms with Gasteiger partial charge in [0, 0.05) is 69.8 Å². The predicted molar refractivity (Wildman–Crippen MR) is 162 cm³/mol. The van der Waals surface area contributed by atoms with Crippen molar-refractivity contribution in [1.29, 1.82) is 0 Å². The van der Waals surface area contributed by atoms with Gasteiger partial charge in [0.15, 0.2) is 5.78 Å². The van der Waals surface area contributed by atoms with E-state index < -0.39 is 0 Å². The number of allylic oxidation sites excluding steroid dienone is 1. The number of ketones is 1. The third kappa shape index (κ3) is 4.46. The molecule has 204 valence electrons. The molecule has 1 spiro atoms. The van der Waals surface area contributed by atoms with Gasteiger partial charge in [-0.1, -0.05) is 24.3 Å². The van der Waals surface area contributed by atoms with E-state index in [1.54, 1.807) is 0 Å². The summed E-state index contributed by atoms with van der Waals surface area (Å²) in [7, 11) is 4.37. The Morgan fingerprint density at radius 2 is 1.64 bits per heavy atom. The van der Waals surface area contributed by atoms with Crippen LogP contribution in [-0.2, 0) is 11.8 Å². The molecule has 3 aromatic rings. The lowest BCUT2D eigenvalue weighted by Gasteiger charge is -2.38. The summed E-state index contributed by atoms with van der Waals surface area (Å²) in [4.78, 5) is 25.1. The number of hydrogen-bond acceptors (Lipinski definition) is 6. The van der Waals surface area contributed by atoms with Crippen LogP contribution in [0.25, 0.3) is 5.57 Å². The van der Waals surface area contributed by atoms with E-state index in [1.165, 1.54) is 28.0 Å². The van der Waals surface area contributed by atoms with Crippen LogP contribution in [0.15, 0.2) is 60.7 Å². The van der Waals surface area contributed by atoms with Crippen LogP contribution in [-0.4, -0.2) is 73.9 Å². The molecule has 7 rings (SSSR count). The monoisotopic (exact) mass is 523 g/mol. The molecule has 2 aliphatic carbocycles. The zero-order chi connectivity index (χ0) is 26.6. The largest absolute Gasteiger partial charge is 0.369 e. The number of nitrogens with one attached hydrogen (secondary N) is 1. The Balaban J connectivity index is 0.00000169. The summed E-state index contributed by atoms with van der Waals surface area (Å²) in [6.07, 6.45) is 5.92. The molecule has 4 aliphatic rings. The highest BCUT2D eigenvalue weighted by atomic mass is 16.1. The van der Waals surface area contributed by atoms with Gasteiger partial charge in [-0.05, 0) is 93.1 Å². The highest BCUT2D eigenvalue weighted by molar-refractivity contribution is 6.03. The molecule has 0 atom stereocenters. The minimum Gasteiger partial charge on any atom is -0.369 e. The van der Waals surface area contributed by atoms with E-state index in [9.17, 15) is 4.79 Å². The Morgan fingerprint density at radius 1 is 0.872 bits per heavy atom. The molecule has 3 heterocycles. The second-order valence-electron chi connectivity index (χ2n) is 11.9. The van der Waals surface area contributed by atoms with E-state index in [0.717, 1.165) is 81.3 Å². The Kier molecular flexibility index (Phi) is 6.05. The fourth-order valence-corrected chi connectivity index (χ4v) is 6.93. The summed E-state index contributed by atoms with van der Waals surface area (Å²) < 4.78 is 0. The average molecular weight is 524 g/mol. The SMILES string of the molecule is CN1CCN(c2cccc(Nc3ccc4c(n3)CC=C4c3ccc4c(c3)C3(CCN(C)CC3)CC4=O)c2)CC1.[HH].[HH]. The number of aromatic nitrogens is 1. The van der Waals surface area contributed by atoms with Crippen LogP contribution in [0.4, 0.5) is 17.2 Å². The molecule has 2 aromatic carbocycles. The van der Waals surface area contributed by atoms with Crippen LogP contribution in [0, 0.1) is 0 Å². The third-order valence-corrected chi connectivity index (χ3v) is 9.40. The van der Waals surface area contributed by atoms with Crippen molar-refractivity contribution in [1.82, 2.24) is 14.8 Å². The fraction of sp³-hybridized carbons (Fsp3) is 0.394. The quantitative estimate of drug-likeness (QED) is 0.480. The predicted octanol–water partition coefficient (Wildman–Crippen LogP) is 5.61. The molecule has 1 N–H and O–H groups in total. The van der Waals surface area contributed by atoms with Gasteiger partial charge < -0.3 is 20.0 Å². The molecule has 2 aliphatic heterocycles. The molecule has 0 saturated carbocycles. The summed E-state index contributed by atoms with van der Waals surface area (Å²) in [5, 5.41) is 3.54. The number of fused-ring (bicyclic) bond motifs is 3. The van der Waals surface area contributed by atoms with Crippen LogP contribution in [0.5, 0.6) is 0 Å². The van der Waals surface area contributed by atoms with Crippen LogP contribution >= 0.6 is 0 Å². The highest BCUT2D eigenvalue weighted by Gasteiger charge is 2.44. The van der Waals surface area contributed by atoms with Gasteiger partial charge in [-0.15, -0.1) is 0 Å². The van der Waals surface area contributed by atoms with Crippen molar-refractivity contribution < 1.29 is 7.65 Å². The Morgan fingerprint density at radius 3 is 2.46 bits per heavy atom. The van der Waals surface area contributed by atoms with Crippen molar-refractivity contribution in [2.24, 2.45) is 0 Å². The van der Waals surface area contributed by atoms with Crippen LogP contribution in [0.2, 0.25) is 0 Å². The third-order valence-electron chi connectivity index (χ3n) is 9.40. The lowest BCUT2D eigenvalue weighted by atomic mass is 9.73. The number of hydrogen-bond donors (Lipinski definition) is 1. The average Bonchev–Trinajstić information content (AvgIpc) is 3.49. The van der Waals surface area contributed by atoms with Crippen LogP contribution < -0.4 is 10.2 Å². The number of likely N-dealkylation sites (tertiary alicyclic amines) is 1. The summed E-state index contributed by atoms with van der Waals surface area (Å²) in [6, 6.07) is 19.5. The molecule has 6 nitrogen and oxygen atoms in total. The number of benzene rings is 2. The number of carbonyl (C=O) groups is 1. The number of nitrogens with zero attached hydrogens (tertiary/aromatic N) is 4. The number of Topliss-reactive ketones (excluding diaryl/α,β-unsaturated/α-hetero) is 1. The second-order valence-corrected chi connectivity index (χ2v) is 11.9. The zero-order valence-electron chi connectivity index (χ0n) is 23.0. The van der Waals surface area contributed by atoms with Gasteiger partial charge in [-0.25, -0.2) is 4.98 Å². The van der Waals surface area contributed by atoms with E-state index >= 15 is 0 Å². The molecule has 1 aromatic heterocycles. The van der Waals surface area contributed by atoms with E-state index in [0.29, 0.717) is 12.2 Å². The molecule has 2 saturated heterocycles. The lowest BCUT2D eigenvalue weighted by molar-refractivity contribution is 0.0945. The zero-order valence-corrected chi connectivity index (χ0v) is 23.0. The van der Waals surface area contributed by atoms with E-state index in [4.69, 9.17) is 4.98 Å². The van der Waals surface area contributed by atoms with Crippen molar-refractivity contribution in [3.8, 4) is 0 Å². The maximum Gasteiger partial charge on any atom is 0.164 e. The molecule has 39 heavy (non-hydrogen) atoms. The summed E-state index contributed by atoms with van der Waals surface area (Å²) in [5.41, 5.74) is 9.32. The Labute approximate surface area is 234 Å². The Hall–Kier alpha value is -3.48. The van der Waals surface area contributed by atoms with Gasteiger partial charge in [-0.3, -0.25) is 4.79 Å². The number of carbonyl (C=O) groups excluding carboxylic acids is 1. The first-order chi connectivity index (χ1) is 19.0. The second kappa shape index (κ2) is 9.61. The topological polar surface area (TPSA) is 51.7 Å². The van der Waals surface area contributed by atoms with Crippen molar-refractivity contribution in [3.63, 3.8) is 0 Å². The molecule has 0 radical (unpaired) electrons. The Bertz CT molecular complexity index is 1470. The summed E-state index contributed by atoms with van der Waals surface area (Å²) >= 11 is 0. The molecule has 0 unspecified atom stereocenters. The molecule has 0 bridgehead atoms. The van der Waals surface area contributed by atoms with E-state index in [1.807, 2.05) is 0 Å². The van der Waals surface area contributed by atoms with Gasteiger partial charge in [0.1, 0.15) is 5.82 Å². The molecule has 0 amide bonds. The summed E-state index contributed by atoms with van der Waals surface area (Å²) in [5.74, 6) is 1.19. The lowest BCUT2D eigenvalue weighted by Crippen LogP contribution is -2.44. The number of pyridine rings is 1. The number of rotatable bonds is 4. The van der Waals surface area contributed by atoms with Crippen LogP contribution in [0.3, 0.4) is 0 Å². The highest BCUT2D eigenvalue weighted by Crippen LogP contribution is 2.47. The molecule has 2 fully saturated rings. The van der Waals surface area contributed by atoms with Gasteiger partial charge in [-0.2, -0.15) is 0 Å². The maximum atomic E-state index is 12.9. The molecule has 6 heteroatoms. The normalized spacial score (nSPS) is 20.7. The van der Waals surface area contributed by atoms with Crippen LogP contribution in [0.1, 0.15) is 54.9 Å². The van der Waals surface area contributed by atoms with Gasteiger partial charge in [0.2, 0.25) is 0 Å². The first-order valence-electron chi connectivity index (χ1n) is 14.4. The van der Waals surface area contributed by atoms with Crippen molar-refractivity contribution in [2.75, 3.05) is 63.6 Å². The van der Waals surface area contributed by atoms with Gasteiger partial charge in [0.05, 0.1) is 5.69 Å².